The quantitative estimate of drug-likeness (QED) is 0.607. The van der Waals surface area contributed by atoms with Gasteiger partial charge in [-0.05, 0) is 56.4 Å². The van der Waals surface area contributed by atoms with Crippen molar-refractivity contribution < 1.29 is 23.1 Å². The third kappa shape index (κ3) is 4.94. The first-order valence-electron chi connectivity index (χ1n) is 11.4. The summed E-state index contributed by atoms with van der Waals surface area (Å²) in [6.45, 7) is 2.01. The number of sulfonamides is 1. The Bertz CT molecular complexity index is 1110. The molecule has 1 aromatic carbocycles. The third-order valence-electron chi connectivity index (χ3n) is 6.55. The Morgan fingerprint density at radius 1 is 1.24 bits per heavy atom. The zero-order chi connectivity index (χ0) is 23.6. The number of benzene rings is 1. The summed E-state index contributed by atoms with van der Waals surface area (Å²) in [5.41, 5.74) is 1.42. The molecule has 1 saturated carbocycles. The van der Waals surface area contributed by atoms with Crippen molar-refractivity contribution in [2.24, 2.45) is 5.92 Å². The molecule has 1 aliphatic carbocycles. The number of amides is 1. The molecular formula is C23H31N3O5S2. The van der Waals surface area contributed by atoms with Gasteiger partial charge in [-0.3, -0.25) is 4.79 Å². The number of nitrogens with one attached hydrogen (secondary N) is 1. The van der Waals surface area contributed by atoms with Gasteiger partial charge in [0.2, 0.25) is 15.9 Å². The number of hydrogen-bond acceptors (Lipinski definition) is 7. The molecule has 33 heavy (non-hydrogen) atoms. The van der Waals surface area contributed by atoms with Crippen molar-refractivity contribution in [3.63, 3.8) is 0 Å². The Balaban J connectivity index is 1.65. The highest BCUT2D eigenvalue weighted by molar-refractivity contribution is 7.89. The summed E-state index contributed by atoms with van der Waals surface area (Å²) in [5.74, 6) is 0.309. The highest BCUT2D eigenvalue weighted by Gasteiger charge is 2.35. The van der Waals surface area contributed by atoms with E-state index in [1.807, 2.05) is 6.92 Å². The second-order valence-corrected chi connectivity index (χ2v) is 11.6. The van der Waals surface area contributed by atoms with Crippen molar-refractivity contribution >= 4 is 32.4 Å². The fourth-order valence-electron chi connectivity index (χ4n) is 4.73. The zero-order valence-electron chi connectivity index (χ0n) is 19.0. The van der Waals surface area contributed by atoms with Crippen LogP contribution in [0.25, 0.3) is 10.4 Å². The first-order valence-corrected chi connectivity index (χ1v) is 13.7. The molecule has 2 N–H and O–H groups in total. The van der Waals surface area contributed by atoms with Crippen molar-refractivity contribution in [3.05, 3.63) is 23.9 Å². The van der Waals surface area contributed by atoms with Crippen molar-refractivity contribution in [2.45, 2.75) is 62.8 Å². The summed E-state index contributed by atoms with van der Waals surface area (Å²) in [6, 6.07) is 4.64. The lowest BCUT2D eigenvalue weighted by molar-refractivity contribution is -0.119. The summed E-state index contributed by atoms with van der Waals surface area (Å²) in [7, 11) is -2.42. The van der Waals surface area contributed by atoms with Crippen LogP contribution in [0.5, 0.6) is 5.75 Å². The Morgan fingerprint density at radius 2 is 1.97 bits per heavy atom. The molecule has 1 aliphatic heterocycles. The van der Waals surface area contributed by atoms with Gasteiger partial charge in [0, 0.05) is 18.5 Å². The van der Waals surface area contributed by atoms with Crippen LogP contribution < -0.4 is 10.1 Å². The van der Waals surface area contributed by atoms with Gasteiger partial charge in [0.15, 0.2) is 5.13 Å². The number of carbonyl (C=O) groups excluding carboxylic acids is 1. The number of anilines is 1. The van der Waals surface area contributed by atoms with Crippen LogP contribution >= 0.6 is 11.3 Å². The molecule has 0 bridgehead atoms. The van der Waals surface area contributed by atoms with E-state index in [0.29, 0.717) is 23.7 Å². The highest BCUT2D eigenvalue weighted by Crippen LogP contribution is 2.38. The van der Waals surface area contributed by atoms with Gasteiger partial charge in [-0.1, -0.05) is 30.6 Å². The average Bonchev–Trinajstić information content (AvgIpc) is 3.48. The number of rotatable bonds is 7. The number of piperidine rings is 1. The number of carbonyl (C=O) groups is 1. The lowest BCUT2D eigenvalue weighted by Crippen LogP contribution is -2.45. The lowest BCUT2D eigenvalue weighted by Gasteiger charge is -2.33. The van der Waals surface area contributed by atoms with Crippen molar-refractivity contribution in [3.8, 4) is 16.2 Å². The molecule has 1 aromatic heterocycles. The molecule has 0 radical (unpaired) electrons. The monoisotopic (exact) mass is 493 g/mol. The number of aryl methyl sites for hydroxylation is 1. The molecule has 10 heteroatoms. The van der Waals surface area contributed by atoms with Gasteiger partial charge in [-0.25, -0.2) is 13.4 Å². The number of methoxy groups -OCH3 is 1. The van der Waals surface area contributed by atoms with E-state index in [-0.39, 0.29) is 29.1 Å². The molecule has 2 aliphatic rings. The largest absolute Gasteiger partial charge is 0.495 e. The Labute approximate surface area is 199 Å². The Morgan fingerprint density at radius 3 is 2.67 bits per heavy atom. The summed E-state index contributed by atoms with van der Waals surface area (Å²) in [6.07, 6.45) is 6.27. The van der Waals surface area contributed by atoms with E-state index < -0.39 is 16.1 Å². The van der Waals surface area contributed by atoms with Gasteiger partial charge in [0.05, 0.1) is 24.3 Å². The fraction of sp³-hybridized carbons (Fsp3) is 0.565. The molecule has 1 unspecified atom stereocenters. The number of aliphatic hydroxyl groups excluding tert-OH is 1. The summed E-state index contributed by atoms with van der Waals surface area (Å²) in [5, 5.41) is 13.2. The van der Waals surface area contributed by atoms with E-state index in [1.165, 1.54) is 22.8 Å². The van der Waals surface area contributed by atoms with Crippen molar-refractivity contribution in [1.82, 2.24) is 9.29 Å². The minimum Gasteiger partial charge on any atom is -0.495 e. The van der Waals surface area contributed by atoms with Gasteiger partial charge in [-0.15, -0.1) is 0 Å². The topological polar surface area (TPSA) is 109 Å². The molecule has 1 atom stereocenters. The average molecular weight is 494 g/mol. The molecule has 1 amide bonds. The number of thiazole rings is 1. The first kappa shape index (κ1) is 24.1. The smallest absolute Gasteiger partial charge is 0.247 e. The third-order valence-corrected chi connectivity index (χ3v) is 9.64. The van der Waals surface area contributed by atoms with Crippen molar-refractivity contribution in [1.29, 1.82) is 0 Å². The molecule has 0 spiro atoms. The van der Waals surface area contributed by atoms with Gasteiger partial charge >= 0.3 is 0 Å². The van der Waals surface area contributed by atoms with Gasteiger partial charge in [0.1, 0.15) is 10.6 Å². The van der Waals surface area contributed by atoms with Gasteiger partial charge < -0.3 is 15.2 Å². The molecule has 2 fully saturated rings. The lowest BCUT2D eigenvalue weighted by atomic mass is 10.1. The normalized spacial score (nSPS) is 20.2. The number of aliphatic hydroxyl groups is 1. The minimum atomic E-state index is -3.87. The van der Waals surface area contributed by atoms with E-state index in [0.717, 1.165) is 49.1 Å². The van der Waals surface area contributed by atoms with E-state index in [2.05, 4.69) is 10.3 Å². The molecule has 2 aromatic rings. The number of nitrogens with zero attached hydrogens (tertiary/aromatic N) is 2. The number of aromatic nitrogens is 1. The number of ether oxygens (including phenoxy) is 1. The maximum Gasteiger partial charge on any atom is 0.247 e. The fourth-order valence-corrected chi connectivity index (χ4v) is 7.57. The van der Waals surface area contributed by atoms with E-state index in [4.69, 9.17) is 4.74 Å². The molecule has 180 valence electrons. The van der Waals surface area contributed by atoms with Crippen LogP contribution in [0, 0.1) is 12.8 Å². The van der Waals surface area contributed by atoms with Crippen LogP contribution in [0.2, 0.25) is 0 Å². The zero-order valence-corrected chi connectivity index (χ0v) is 20.7. The minimum absolute atomic E-state index is 0.00550. The second kappa shape index (κ2) is 10.1. The summed E-state index contributed by atoms with van der Waals surface area (Å²) in [4.78, 5) is 17.9. The van der Waals surface area contributed by atoms with Crippen molar-refractivity contribution in [2.75, 3.05) is 25.6 Å². The van der Waals surface area contributed by atoms with Crippen LogP contribution in [0.1, 0.15) is 50.6 Å². The van der Waals surface area contributed by atoms with Crippen LogP contribution in [0.4, 0.5) is 5.13 Å². The molecule has 4 rings (SSSR count). The standard InChI is InChI=1S/C23H31N3O5S2/c1-15-21(32-23(24-15)25-22(28)16-7-3-4-8-16)17-10-11-19(31-2)20(13-17)33(29,30)26-12-6-5-9-18(26)14-27/h10-11,13,16,18,27H,3-9,12,14H2,1-2H3,(H,24,25,28). The Kier molecular flexibility index (Phi) is 7.37. The molecule has 8 nitrogen and oxygen atoms in total. The molecular weight excluding hydrogens is 462 g/mol. The van der Waals surface area contributed by atoms with E-state index in [1.54, 1.807) is 18.2 Å². The SMILES string of the molecule is COc1ccc(-c2sc(NC(=O)C3CCCC3)nc2C)cc1S(=O)(=O)N1CCCCC1CO. The van der Waals surface area contributed by atoms with Gasteiger partial charge in [0.25, 0.3) is 0 Å². The maximum absolute atomic E-state index is 13.6. The summed E-state index contributed by atoms with van der Waals surface area (Å²) >= 11 is 1.34. The maximum atomic E-state index is 13.6. The van der Waals surface area contributed by atoms with Crippen LogP contribution in [-0.2, 0) is 14.8 Å². The van der Waals surface area contributed by atoms with E-state index in [9.17, 15) is 18.3 Å². The van der Waals surface area contributed by atoms with Crippen LogP contribution in [0.3, 0.4) is 0 Å². The van der Waals surface area contributed by atoms with Crippen LogP contribution in [0.15, 0.2) is 23.1 Å². The second-order valence-electron chi connectivity index (χ2n) is 8.72. The highest BCUT2D eigenvalue weighted by atomic mass is 32.2. The Hall–Kier alpha value is -2.01. The van der Waals surface area contributed by atoms with E-state index >= 15 is 0 Å². The van der Waals surface area contributed by atoms with Gasteiger partial charge in [-0.2, -0.15) is 4.31 Å². The predicted molar refractivity (Wildman–Crippen MR) is 128 cm³/mol. The molecule has 1 saturated heterocycles. The molecule has 2 heterocycles. The predicted octanol–water partition coefficient (Wildman–Crippen LogP) is 3.79. The summed E-state index contributed by atoms with van der Waals surface area (Å²) < 4.78 is 33.9. The number of hydrogen-bond donors (Lipinski definition) is 2. The first-order chi connectivity index (χ1) is 15.8. The van der Waals surface area contributed by atoms with Crippen LogP contribution in [-0.4, -0.2) is 55.0 Å².